The molecule has 0 spiro atoms. The molecule has 1 aromatic carbocycles. The lowest BCUT2D eigenvalue weighted by molar-refractivity contribution is -0.137. The molecule has 2 amide bonds. The summed E-state index contributed by atoms with van der Waals surface area (Å²) in [6.45, 7) is 9.18. The number of rotatable bonds is 8. The molecule has 1 saturated heterocycles. The third-order valence-corrected chi connectivity index (χ3v) is 5.76. The lowest BCUT2D eigenvalue weighted by atomic mass is 10.1. The van der Waals surface area contributed by atoms with Crippen molar-refractivity contribution in [3.8, 4) is 0 Å². The molecule has 3 rings (SSSR count). The van der Waals surface area contributed by atoms with Gasteiger partial charge < -0.3 is 24.5 Å². The van der Waals surface area contributed by atoms with Gasteiger partial charge in [-0.1, -0.05) is 30.3 Å². The summed E-state index contributed by atoms with van der Waals surface area (Å²) in [7, 11) is 0. The van der Waals surface area contributed by atoms with Crippen LogP contribution >= 0.6 is 0 Å². The van der Waals surface area contributed by atoms with Gasteiger partial charge in [-0.3, -0.25) is 9.59 Å². The van der Waals surface area contributed by atoms with Crippen LogP contribution in [0.15, 0.2) is 36.5 Å². The van der Waals surface area contributed by atoms with Crippen LogP contribution in [0.5, 0.6) is 0 Å². The van der Waals surface area contributed by atoms with Crippen LogP contribution in [0, 0.1) is 6.92 Å². The highest BCUT2D eigenvalue weighted by Crippen LogP contribution is 2.17. The molecule has 10 heteroatoms. The van der Waals surface area contributed by atoms with Crippen LogP contribution in [0.3, 0.4) is 0 Å². The second kappa shape index (κ2) is 11.8. The quantitative estimate of drug-likeness (QED) is 0.592. The number of hydrogen-bond donors (Lipinski definition) is 1. The van der Waals surface area contributed by atoms with Gasteiger partial charge in [-0.05, 0) is 46.1 Å². The number of aliphatic carboxylic acids is 1. The summed E-state index contributed by atoms with van der Waals surface area (Å²) >= 11 is 0. The minimum absolute atomic E-state index is 0.284. The zero-order chi connectivity index (χ0) is 26.3. The highest BCUT2D eigenvalue weighted by atomic mass is 16.6. The molecule has 1 aliphatic rings. The molecule has 10 nitrogen and oxygen atoms in total. The maximum Gasteiger partial charge on any atom is 0.410 e. The Kier molecular flexibility index (Phi) is 8.84. The predicted octanol–water partition coefficient (Wildman–Crippen LogP) is 3.00. The first-order chi connectivity index (χ1) is 17.0. The van der Waals surface area contributed by atoms with Crippen molar-refractivity contribution in [3.63, 3.8) is 0 Å². The van der Waals surface area contributed by atoms with Gasteiger partial charge in [0.25, 0.3) is 5.91 Å². The molecule has 0 saturated carbocycles. The van der Waals surface area contributed by atoms with Gasteiger partial charge in [0.05, 0.1) is 11.3 Å². The number of aromatic nitrogens is 2. The molecule has 1 aliphatic heterocycles. The van der Waals surface area contributed by atoms with Crippen LogP contribution in [-0.2, 0) is 16.0 Å². The van der Waals surface area contributed by atoms with Gasteiger partial charge >= 0.3 is 12.1 Å². The van der Waals surface area contributed by atoms with E-state index in [0.29, 0.717) is 50.8 Å². The standard InChI is InChI=1S/C26H35N5O5/c1-19-21(23(34)31(18-22(32)33)12-8-11-20-9-6-5-7-10-20)17-27-24(28-19)29-13-15-30(16-14-29)25(35)36-26(2,3)4/h5-7,9-10,17H,8,11-16,18H2,1-4H3,(H,32,33). The summed E-state index contributed by atoms with van der Waals surface area (Å²) in [5.41, 5.74) is 1.35. The number of aryl methyl sites for hydroxylation is 2. The molecule has 0 atom stereocenters. The number of piperazine rings is 1. The highest BCUT2D eigenvalue weighted by Gasteiger charge is 2.28. The first-order valence-electron chi connectivity index (χ1n) is 12.1. The smallest absolute Gasteiger partial charge is 0.410 e. The number of hydrogen-bond acceptors (Lipinski definition) is 7. The maximum absolute atomic E-state index is 13.2. The number of benzene rings is 1. The third-order valence-electron chi connectivity index (χ3n) is 5.76. The Labute approximate surface area is 211 Å². The average Bonchev–Trinajstić information content (AvgIpc) is 2.82. The first-order valence-corrected chi connectivity index (χ1v) is 12.1. The molecular formula is C26H35N5O5. The molecular weight excluding hydrogens is 462 g/mol. The van der Waals surface area contributed by atoms with E-state index in [1.54, 1.807) is 11.8 Å². The fourth-order valence-electron chi connectivity index (χ4n) is 3.94. The zero-order valence-corrected chi connectivity index (χ0v) is 21.4. The van der Waals surface area contributed by atoms with Crippen LogP contribution in [0.25, 0.3) is 0 Å². The second-order valence-corrected chi connectivity index (χ2v) is 9.83. The van der Waals surface area contributed by atoms with Crippen LogP contribution in [0.2, 0.25) is 0 Å². The van der Waals surface area contributed by atoms with Crippen molar-refractivity contribution in [3.05, 3.63) is 53.3 Å². The van der Waals surface area contributed by atoms with Crippen molar-refractivity contribution in [2.45, 2.75) is 46.1 Å². The average molecular weight is 498 g/mol. The number of carboxylic acid groups (broad SMARTS) is 1. The highest BCUT2D eigenvalue weighted by molar-refractivity contribution is 5.96. The Bertz CT molecular complexity index is 1060. The van der Waals surface area contributed by atoms with Crippen molar-refractivity contribution >= 4 is 23.9 Å². The van der Waals surface area contributed by atoms with Crippen LogP contribution < -0.4 is 4.90 Å². The van der Waals surface area contributed by atoms with Crippen molar-refractivity contribution < 1.29 is 24.2 Å². The second-order valence-electron chi connectivity index (χ2n) is 9.83. The lowest BCUT2D eigenvalue weighted by Crippen LogP contribution is -2.50. The first kappa shape index (κ1) is 26.9. The minimum Gasteiger partial charge on any atom is -0.480 e. The monoisotopic (exact) mass is 497 g/mol. The summed E-state index contributed by atoms with van der Waals surface area (Å²) in [6.07, 6.45) is 2.51. The largest absolute Gasteiger partial charge is 0.480 e. The predicted molar refractivity (Wildman–Crippen MR) is 135 cm³/mol. The molecule has 1 N–H and O–H groups in total. The summed E-state index contributed by atoms with van der Waals surface area (Å²) in [4.78, 5) is 50.7. The molecule has 0 aliphatic carbocycles. The van der Waals surface area contributed by atoms with E-state index >= 15 is 0 Å². The lowest BCUT2D eigenvalue weighted by Gasteiger charge is -2.35. The van der Waals surface area contributed by atoms with E-state index in [1.807, 2.05) is 56.0 Å². The van der Waals surface area contributed by atoms with E-state index in [1.165, 1.54) is 11.1 Å². The van der Waals surface area contributed by atoms with Crippen LogP contribution in [0.1, 0.15) is 48.8 Å². The number of carboxylic acids is 1. The minimum atomic E-state index is -1.07. The normalized spacial score (nSPS) is 13.9. The number of nitrogens with zero attached hydrogens (tertiary/aromatic N) is 5. The van der Waals surface area contributed by atoms with Crippen molar-refractivity contribution in [1.29, 1.82) is 0 Å². The van der Waals surface area contributed by atoms with E-state index in [-0.39, 0.29) is 18.2 Å². The molecule has 0 radical (unpaired) electrons. The fraction of sp³-hybridized carbons (Fsp3) is 0.500. The number of anilines is 1. The van der Waals surface area contributed by atoms with Gasteiger partial charge in [0, 0.05) is 38.9 Å². The van der Waals surface area contributed by atoms with E-state index in [2.05, 4.69) is 9.97 Å². The molecule has 0 bridgehead atoms. The zero-order valence-electron chi connectivity index (χ0n) is 21.4. The van der Waals surface area contributed by atoms with Crippen molar-refractivity contribution in [2.75, 3.05) is 44.2 Å². The molecule has 36 heavy (non-hydrogen) atoms. The summed E-state index contributed by atoms with van der Waals surface area (Å²) < 4.78 is 5.44. The Hall–Kier alpha value is -3.69. The van der Waals surface area contributed by atoms with Crippen molar-refractivity contribution in [2.24, 2.45) is 0 Å². The van der Waals surface area contributed by atoms with Gasteiger partial charge in [-0.25, -0.2) is 14.8 Å². The van der Waals surface area contributed by atoms with Crippen molar-refractivity contribution in [1.82, 2.24) is 19.8 Å². The molecule has 2 aromatic rings. The van der Waals surface area contributed by atoms with Crippen LogP contribution in [0.4, 0.5) is 10.7 Å². The van der Waals surface area contributed by atoms with E-state index < -0.39 is 17.5 Å². The molecule has 1 fully saturated rings. The number of carbonyl (C=O) groups excluding carboxylic acids is 2. The van der Waals surface area contributed by atoms with E-state index in [9.17, 15) is 19.5 Å². The van der Waals surface area contributed by atoms with Gasteiger partial charge in [-0.2, -0.15) is 0 Å². The van der Waals surface area contributed by atoms with Gasteiger partial charge in [0.2, 0.25) is 5.95 Å². The van der Waals surface area contributed by atoms with Gasteiger partial charge in [-0.15, -0.1) is 0 Å². The Morgan fingerprint density at radius 1 is 1.08 bits per heavy atom. The van der Waals surface area contributed by atoms with Gasteiger partial charge in [0.1, 0.15) is 12.1 Å². The fourth-order valence-corrected chi connectivity index (χ4v) is 3.94. The maximum atomic E-state index is 13.2. The van der Waals surface area contributed by atoms with Gasteiger partial charge in [0.15, 0.2) is 0 Å². The number of amides is 2. The molecule has 194 valence electrons. The summed E-state index contributed by atoms with van der Waals surface area (Å²) in [5, 5.41) is 9.33. The topological polar surface area (TPSA) is 116 Å². The van der Waals surface area contributed by atoms with Crippen LogP contribution in [-0.4, -0.2) is 87.7 Å². The molecule has 0 unspecified atom stereocenters. The number of carbonyl (C=O) groups is 3. The third kappa shape index (κ3) is 7.66. The summed E-state index contributed by atoms with van der Waals surface area (Å²) in [5.74, 6) is -0.993. The SMILES string of the molecule is Cc1nc(N2CCN(C(=O)OC(C)(C)C)CC2)ncc1C(=O)N(CCCc1ccccc1)CC(=O)O. The Balaban J connectivity index is 1.62. The van der Waals surface area contributed by atoms with E-state index in [0.717, 1.165) is 12.0 Å². The molecule has 2 heterocycles. The Morgan fingerprint density at radius 3 is 2.33 bits per heavy atom. The molecule has 1 aromatic heterocycles. The van der Waals surface area contributed by atoms with E-state index in [4.69, 9.17) is 4.74 Å². The summed E-state index contributed by atoms with van der Waals surface area (Å²) in [6, 6.07) is 9.86. The Morgan fingerprint density at radius 2 is 1.75 bits per heavy atom. The number of ether oxygens (including phenoxy) is 1.